The Balaban J connectivity index is 1.50. The number of hydrogen-bond donors (Lipinski definition) is 1. The summed E-state index contributed by atoms with van der Waals surface area (Å²) >= 11 is 4.12. The van der Waals surface area contributed by atoms with Gasteiger partial charge in [0.15, 0.2) is 0 Å². The van der Waals surface area contributed by atoms with Gasteiger partial charge in [-0.3, -0.25) is 0 Å². The second kappa shape index (κ2) is 5.68. The summed E-state index contributed by atoms with van der Waals surface area (Å²) in [6.45, 7) is 2.38. The van der Waals surface area contributed by atoms with Gasteiger partial charge in [0, 0.05) is 23.1 Å². The van der Waals surface area contributed by atoms with E-state index >= 15 is 0 Å². The molecule has 2 aliphatic heterocycles. The first-order valence-corrected chi connectivity index (χ1v) is 8.57. The van der Waals surface area contributed by atoms with Crippen molar-refractivity contribution in [1.29, 1.82) is 0 Å². The van der Waals surface area contributed by atoms with Crippen LogP contribution < -0.4 is 5.32 Å². The van der Waals surface area contributed by atoms with Gasteiger partial charge in [0.25, 0.3) is 0 Å². The molecule has 1 aromatic carbocycles. The van der Waals surface area contributed by atoms with E-state index in [1.54, 1.807) is 5.56 Å². The van der Waals surface area contributed by atoms with E-state index < -0.39 is 0 Å². The molecule has 2 aliphatic rings. The van der Waals surface area contributed by atoms with E-state index in [1.807, 2.05) is 11.8 Å². The smallest absolute Gasteiger partial charge is 0.0108 e. The van der Waals surface area contributed by atoms with E-state index in [1.165, 1.54) is 35.1 Å². The normalized spacial score (nSPS) is 27.3. The summed E-state index contributed by atoms with van der Waals surface area (Å²) in [6, 6.07) is 8.88. The second-order valence-electron chi connectivity index (χ2n) is 4.93. The zero-order valence-corrected chi connectivity index (χ0v) is 11.7. The maximum Gasteiger partial charge on any atom is 0.0108 e. The molecule has 0 bridgehead atoms. The summed E-state index contributed by atoms with van der Waals surface area (Å²) in [5.74, 6) is 5.64. The van der Waals surface area contributed by atoms with Gasteiger partial charge < -0.3 is 5.32 Å². The number of benzene rings is 1. The highest BCUT2D eigenvalue weighted by Crippen LogP contribution is 2.38. The van der Waals surface area contributed by atoms with Gasteiger partial charge in [0.1, 0.15) is 0 Å². The summed E-state index contributed by atoms with van der Waals surface area (Å²) in [4.78, 5) is 1.50. The van der Waals surface area contributed by atoms with Crippen molar-refractivity contribution >= 4 is 23.5 Å². The summed E-state index contributed by atoms with van der Waals surface area (Å²) in [5.41, 5.74) is 1.56. The third-order valence-corrected chi connectivity index (χ3v) is 6.13. The molecule has 3 heteroatoms. The Morgan fingerprint density at radius 3 is 3.00 bits per heavy atom. The van der Waals surface area contributed by atoms with Gasteiger partial charge in [-0.15, -0.1) is 11.8 Å². The van der Waals surface area contributed by atoms with Crippen LogP contribution in [0.4, 0.5) is 0 Å². The van der Waals surface area contributed by atoms with Crippen molar-refractivity contribution in [3.63, 3.8) is 0 Å². The lowest BCUT2D eigenvalue weighted by molar-refractivity contribution is 0.508. The molecule has 1 fully saturated rings. The van der Waals surface area contributed by atoms with Crippen molar-refractivity contribution in [3.05, 3.63) is 29.8 Å². The van der Waals surface area contributed by atoms with Gasteiger partial charge in [-0.25, -0.2) is 0 Å². The van der Waals surface area contributed by atoms with Crippen molar-refractivity contribution in [2.75, 3.05) is 30.3 Å². The topological polar surface area (TPSA) is 12.0 Å². The molecule has 2 atom stereocenters. The van der Waals surface area contributed by atoms with Crippen LogP contribution >= 0.6 is 23.5 Å². The average Bonchev–Trinajstić information content (AvgIpc) is 2.99. The van der Waals surface area contributed by atoms with Crippen LogP contribution in [0.1, 0.15) is 17.9 Å². The van der Waals surface area contributed by atoms with Crippen LogP contribution in [0.5, 0.6) is 0 Å². The number of rotatable bonds is 4. The molecule has 1 saturated heterocycles. The molecule has 0 saturated carbocycles. The average molecular weight is 265 g/mol. The Bertz CT molecular complexity index is 374. The highest BCUT2D eigenvalue weighted by atomic mass is 32.2. The molecular weight excluding hydrogens is 246 g/mol. The standard InChI is InChI=1S/C14H19NS2/c1-2-4-14-13(3-1)12(10-17-14)8-15-7-11-5-6-16-9-11/h1-4,11-12,15H,5-10H2. The number of nitrogens with one attached hydrogen (secondary N) is 1. The van der Waals surface area contributed by atoms with Gasteiger partial charge in [0.05, 0.1) is 0 Å². The minimum absolute atomic E-state index is 0.727. The molecule has 0 radical (unpaired) electrons. The molecule has 2 unspecified atom stereocenters. The third-order valence-electron chi connectivity index (χ3n) is 3.65. The van der Waals surface area contributed by atoms with Gasteiger partial charge in [0.2, 0.25) is 0 Å². The largest absolute Gasteiger partial charge is 0.316 e. The SMILES string of the molecule is c1ccc2c(c1)SCC2CNCC1CCSC1. The summed E-state index contributed by atoms with van der Waals surface area (Å²) in [6.07, 6.45) is 1.41. The fraction of sp³-hybridized carbons (Fsp3) is 0.571. The molecule has 2 heterocycles. The van der Waals surface area contributed by atoms with E-state index in [2.05, 4.69) is 41.3 Å². The van der Waals surface area contributed by atoms with Gasteiger partial charge in [-0.1, -0.05) is 18.2 Å². The zero-order chi connectivity index (χ0) is 11.5. The summed E-state index contributed by atoms with van der Waals surface area (Å²) < 4.78 is 0. The molecule has 1 nitrogen and oxygen atoms in total. The number of thioether (sulfide) groups is 2. The Morgan fingerprint density at radius 1 is 1.18 bits per heavy atom. The highest BCUT2D eigenvalue weighted by molar-refractivity contribution is 7.99. The lowest BCUT2D eigenvalue weighted by atomic mass is 10.0. The summed E-state index contributed by atoms with van der Waals surface area (Å²) in [5, 5.41) is 3.68. The molecule has 0 amide bonds. The minimum Gasteiger partial charge on any atom is -0.316 e. The molecule has 0 aromatic heterocycles. The quantitative estimate of drug-likeness (QED) is 0.898. The number of fused-ring (bicyclic) bond motifs is 1. The molecular formula is C14H19NS2. The predicted molar refractivity (Wildman–Crippen MR) is 78.2 cm³/mol. The Labute approximate surface area is 112 Å². The first-order chi connectivity index (χ1) is 8.43. The molecule has 3 rings (SSSR count). The van der Waals surface area contributed by atoms with E-state index in [4.69, 9.17) is 0 Å². The Morgan fingerprint density at radius 2 is 2.12 bits per heavy atom. The van der Waals surface area contributed by atoms with Crippen LogP contribution in [0, 0.1) is 5.92 Å². The fourth-order valence-electron chi connectivity index (χ4n) is 2.60. The van der Waals surface area contributed by atoms with Gasteiger partial charge in [-0.05, 0) is 42.0 Å². The number of hydrogen-bond acceptors (Lipinski definition) is 3. The van der Waals surface area contributed by atoms with E-state index in [0.717, 1.165) is 18.4 Å². The van der Waals surface area contributed by atoms with Crippen LogP contribution in [0.2, 0.25) is 0 Å². The molecule has 0 spiro atoms. The van der Waals surface area contributed by atoms with Crippen LogP contribution in [-0.4, -0.2) is 30.3 Å². The monoisotopic (exact) mass is 265 g/mol. The predicted octanol–water partition coefficient (Wildman–Crippen LogP) is 3.22. The van der Waals surface area contributed by atoms with Crippen molar-refractivity contribution in [2.24, 2.45) is 5.92 Å². The fourth-order valence-corrected chi connectivity index (χ4v) is 5.14. The lowest BCUT2D eigenvalue weighted by Gasteiger charge is -2.14. The Kier molecular flexibility index (Phi) is 3.99. The molecule has 1 aromatic rings. The molecule has 1 N–H and O–H groups in total. The van der Waals surface area contributed by atoms with Gasteiger partial charge in [-0.2, -0.15) is 11.8 Å². The zero-order valence-electron chi connectivity index (χ0n) is 10.0. The Hall–Kier alpha value is -0.120. The van der Waals surface area contributed by atoms with Crippen molar-refractivity contribution < 1.29 is 0 Å². The second-order valence-corrected chi connectivity index (χ2v) is 7.15. The van der Waals surface area contributed by atoms with Gasteiger partial charge >= 0.3 is 0 Å². The van der Waals surface area contributed by atoms with Crippen LogP contribution in [0.15, 0.2) is 29.2 Å². The lowest BCUT2D eigenvalue weighted by Crippen LogP contribution is -2.27. The minimum atomic E-state index is 0.727. The first-order valence-electron chi connectivity index (χ1n) is 6.43. The molecule has 17 heavy (non-hydrogen) atoms. The van der Waals surface area contributed by atoms with Crippen LogP contribution in [0.25, 0.3) is 0 Å². The van der Waals surface area contributed by atoms with E-state index in [9.17, 15) is 0 Å². The first kappa shape index (κ1) is 11.9. The van der Waals surface area contributed by atoms with Crippen molar-refractivity contribution in [3.8, 4) is 0 Å². The van der Waals surface area contributed by atoms with E-state index in [-0.39, 0.29) is 0 Å². The van der Waals surface area contributed by atoms with Crippen LogP contribution in [-0.2, 0) is 0 Å². The molecule has 92 valence electrons. The molecule has 0 aliphatic carbocycles. The highest BCUT2D eigenvalue weighted by Gasteiger charge is 2.22. The van der Waals surface area contributed by atoms with Crippen LogP contribution in [0.3, 0.4) is 0 Å². The van der Waals surface area contributed by atoms with Crippen molar-refractivity contribution in [2.45, 2.75) is 17.2 Å². The summed E-state index contributed by atoms with van der Waals surface area (Å²) in [7, 11) is 0. The maximum absolute atomic E-state index is 3.68. The maximum atomic E-state index is 3.68. The third kappa shape index (κ3) is 2.83. The van der Waals surface area contributed by atoms with Crippen molar-refractivity contribution in [1.82, 2.24) is 5.32 Å². The van der Waals surface area contributed by atoms with E-state index in [0.29, 0.717) is 0 Å².